The van der Waals surface area contributed by atoms with Crippen LogP contribution in [0.5, 0.6) is 11.5 Å². The first-order valence-electron chi connectivity index (χ1n) is 21.1. The van der Waals surface area contributed by atoms with Crippen molar-refractivity contribution in [3.05, 3.63) is 69.1 Å². The Kier molecular flexibility index (Phi) is 12.2. The van der Waals surface area contributed by atoms with Crippen LogP contribution in [0, 0.1) is 5.92 Å². The number of anilines is 4. The summed E-state index contributed by atoms with van der Waals surface area (Å²) in [6.45, 7) is 11.9. The summed E-state index contributed by atoms with van der Waals surface area (Å²) in [7, 11) is 1.56. The van der Waals surface area contributed by atoms with Gasteiger partial charge in [0.1, 0.15) is 23.4 Å². The Bertz CT molecular complexity index is 2420. The summed E-state index contributed by atoms with van der Waals surface area (Å²) in [4.78, 5) is 81.0. The summed E-state index contributed by atoms with van der Waals surface area (Å²) in [5.41, 5.74) is 3.54. The number of benzene rings is 2. The van der Waals surface area contributed by atoms with E-state index in [1.54, 1.807) is 35.8 Å². The highest BCUT2D eigenvalue weighted by Crippen LogP contribution is 2.38. The van der Waals surface area contributed by atoms with E-state index in [0.29, 0.717) is 53.4 Å². The molecule has 1 atom stereocenters. The number of fused-ring (bicyclic) bond motifs is 2. The molecule has 17 heteroatoms. The number of methoxy groups -OCH3 is 1. The highest BCUT2D eigenvalue weighted by atomic mass is 35.5. The number of hydrogen-bond acceptors (Lipinski definition) is 13. The minimum Gasteiger partial charge on any atom is -0.496 e. The molecule has 2 N–H and O–H groups in total. The first-order chi connectivity index (χ1) is 29.4. The maximum atomic E-state index is 13.5. The van der Waals surface area contributed by atoms with E-state index in [1.807, 2.05) is 38.1 Å². The second-order valence-corrected chi connectivity index (χ2v) is 16.9. The van der Waals surface area contributed by atoms with Crippen LogP contribution >= 0.6 is 11.6 Å². The van der Waals surface area contributed by atoms with E-state index in [4.69, 9.17) is 26.1 Å². The lowest BCUT2D eigenvalue weighted by molar-refractivity contribution is -0.137. The van der Waals surface area contributed by atoms with Crippen LogP contribution < -0.4 is 35.5 Å². The fourth-order valence-corrected chi connectivity index (χ4v) is 9.02. The van der Waals surface area contributed by atoms with Crippen molar-refractivity contribution in [1.82, 2.24) is 29.7 Å². The molecular weight excluding hydrogens is 802 g/mol. The molecule has 16 nitrogen and oxygen atoms in total. The number of Topliss-reactive ketones (excluding diaryl/α,β-unsaturated/α-hetero) is 1. The van der Waals surface area contributed by atoms with Crippen LogP contribution in [0.1, 0.15) is 74.8 Å². The molecule has 4 aromatic rings. The van der Waals surface area contributed by atoms with Gasteiger partial charge in [0.2, 0.25) is 17.8 Å². The number of aromatic nitrogens is 3. The molecule has 0 saturated carbocycles. The quantitative estimate of drug-likeness (QED) is 0.174. The highest BCUT2D eigenvalue weighted by molar-refractivity contribution is 6.33. The molecule has 322 valence electrons. The molecule has 1 unspecified atom stereocenters. The summed E-state index contributed by atoms with van der Waals surface area (Å²) in [6.07, 6.45) is 4.54. The summed E-state index contributed by atoms with van der Waals surface area (Å²) in [5.74, 6) is 1.20. The minimum absolute atomic E-state index is 0.0848. The third-order valence-electron chi connectivity index (χ3n) is 12.2. The van der Waals surface area contributed by atoms with Gasteiger partial charge in [-0.2, -0.15) is 4.98 Å². The van der Waals surface area contributed by atoms with Gasteiger partial charge in [0, 0.05) is 94.1 Å². The Hall–Kier alpha value is -5.74. The van der Waals surface area contributed by atoms with Gasteiger partial charge < -0.3 is 34.1 Å². The number of amides is 3. The van der Waals surface area contributed by atoms with Crippen molar-refractivity contribution in [2.24, 2.45) is 5.92 Å². The maximum Gasteiger partial charge on any atom is 0.293 e. The lowest BCUT2D eigenvalue weighted by Gasteiger charge is -2.39. The summed E-state index contributed by atoms with van der Waals surface area (Å²) in [6, 6.07) is 10.5. The molecule has 0 aliphatic carbocycles. The average molecular weight is 854 g/mol. The van der Waals surface area contributed by atoms with Crippen molar-refractivity contribution >= 4 is 69.1 Å². The Morgan fingerprint density at radius 2 is 1.74 bits per heavy atom. The predicted octanol–water partition coefficient (Wildman–Crippen LogP) is 4.94. The van der Waals surface area contributed by atoms with Gasteiger partial charge in [-0.05, 0) is 74.9 Å². The molecule has 0 spiro atoms. The molecule has 3 amide bonds. The van der Waals surface area contributed by atoms with E-state index in [2.05, 4.69) is 36.4 Å². The number of nitrogens with one attached hydrogen (secondary N) is 2. The van der Waals surface area contributed by atoms with Crippen LogP contribution in [-0.4, -0.2) is 113 Å². The standard InChI is InChI=1S/C44H52ClN9O7/c1-5-32(55)25-61-37-20-28-18-30(6-7-34(28)54(26(2)3)42(37)58)47-40-33(45)22-46-44(49-40)52-16-14-50(15-17-52)23-27-10-12-51(13-11-27)31-19-29-24-53(35-8-9-38(56)48-41(35)57)43(59)39(29)36(21-31)60-4/h6-7,18-22,26-27,35H,5,8-17,23-25H2,1-4H3,(H,46,47,49)(H,48,56,57). The van der Waals surface area contributed by atoms with Crippen LogP contribution in [0.4, 0.5) is 23.1 Å². The molecule has 4 aliphatic heterocycles. The first kappa shape index (κ1) is 42.0. The van der Waals surface area contributed by atoms with Crippen molar-refractivity contribution in [3.8, 4) is 11.5 Å². The van der Waals surface area contributed by atoms with Crippen LogP contribution in [0.2, 0.25) is 5.02 Å². The third kappa shape index (κ3) is 8.73. The number of piperidine rings is 2. The second-order valence-electron chi connectivity index (χ2n) is 16.5. The van der Waals surface area contributed by atoms with E-state index in [1.165, 1.54) is 0 Å². The molecule has 3 saturated heterocycles. The zero-order valence-electron chi connectivity index (χ0n) is 35.0. The van der Waals surface area contributed by atoms with Gasteiger partial charge in [-0.1, -0.05) is 18.5 Å². The monoisotopic (exact) mass is 853 g/mol. The number of nitrogens with zero attached hydrogens (tertiary/aromatic N) is 7. The average Bonchev–Trinajstić information content (AvgIpc) is 3.59. The molecule has 61 heavy (non-hydrogen) atoms. The van der Waals surface area contributed by atoms with Gasteiger partial charge in [0.15, 0.2) is 17.4 Å². The van der Waals surface area contributed by atoms with Crippen molar-refractivity contribution in [2.45, 2.75) is 71.5 Å². The number of ketones is 1. The molecule has 4 aliphatic rings. The zero-order valence-corrected chi connectivity index (χ0v) is 35.8. The number of carbonyl (C=O) groups excluding carboxylic acids is 4. The SMILES string of the molecule is CCC(=O)COc1cc2cc(Nc3nc(N4CCN(CC5CCN(c6cc7c(c(OC)c6)C(=O)N(C6CCC(=O)NC6=O)C7)CC5)CC4)ncc3Cl)ccc2n(C(C)C)c1=O. The lowest BCUT2D eigenvalue weighted by atomic mass is 9.95. The van der Waals surface area contributed by atoms with Crippen LogP contribution in [0.15, 0.2) is 47.4 Å². The Labute approximate surface area is 359 Å². The van der Waals surface area contributed by atoms with Gasteiger partial charge in [-0.15, -0.1) is 0 Å². The van der Waals surface area contributed by atoms with E-state index in [9.17, 15) is 24.0 Å². The highest BCUT2D eigenvalue weighted by Gasteiger charge is 2.41. The number of carbonyl (C=O) groups is 4. The van der Waals surface area contributed by atoms with Crippen LogP contribution in [0.3, 0.4) is 0 Å². The van der Waals surface area contributed by atoms with Gasteiger partial charge in [0.05, 0.1) is 24.4 Å². The van der Waals surface area contributed by atoms with Crippen molar-refractivity contribution in [1.29, 1.82) is 0 Å². The maximum absolute atomic E-state index is 13.5. The zero-order chi connectivity index (χ0) is 42.9. The molecule has 0 radical (unpaired) electrons. The first-order valence-corrected chi connectivity index (χ1v) is 21.5. The van der Waals surface area contributed by atoms with Crippen molar-refractivity contribution in [2.75, 3.05) is 74.6 Å². The molecule has 2 aromatic heterocycles. The minimum atomic E-state index is -0.672. The summed E-state index contributed by atoms with van der Waals surface area (Å²) < 4.78 is 13.1. The number of halogens is 1. The molecule has 3 fully saturated rings. The van der Waals surface area contributed by atoms with Gasteiger partial charge in [0.25, 0.3) is 11.5 Å². The van der Waals surface area contributed by atoms with Gasteiger partial charge >= 0.3 is 0 Å². The predicted molar refractivity (Wildman–Crippen MR) is 232 cm³/mol. The molecule has 6 heterocycles. The van der Waals surface area contributed by atoms with E-state index in [-0.39, 0.29) is 48.0 Å². The van der Waals surface area contributed by atoms with Crippen LogP contribution in [-0.2, 0) is 20.9 Å². The fraction of sp³-hybridized carbons (Fsp3) is 0.477. The third-order valence-corrected chi connectivity index (χ3v) is 12.5. The van der Waals surface area contributed by atoms with E-state index >= 15 is 0 Å². The number of ether oxygens (including phenoxy) is 2. The molecular formula is C44H52ClN9O7. The van der Waals surface area contributed by atoms with E-state index in [0.717, 1.165) is 86.5 Å². The number of imide groups is 1. The Balaban J connectivity index is 0.861. The smallest absolute Gasteiger partial charge is 0.293 e. The second kappa shape index (κ2) is 17.7. The number of rotatable bonds is 13. The van der Waals surface area contributed by atoms with E-state index < -0.39 is 11.9 Å². The molecule has 2 aromatic carbocycles. The number of piperazine rings is 1. The lowest BCUT2D eigenvalue weighted by Crippen LogP contribution is -2.52. The summed E-state index contributed by atoms with van der Waals surface area (Å²) >= 11 is 6.61. The van der Waals surface area contributed by atoms with Crippen LogP contribution in [0.25, 0.3) is 10.9 Å². The number of pyridine rings is 1. The Morgan fingerprint density at radius 3 is 2.44 bits per heavy atom. The molecule has 8 rings (SSSR count). The van der Waals surface area contributed by atoms with Gasteiger partial charge in [-0.25, -0.2) is 4.98 Å². The Morgan fingerprint density at radius 1 is 0.967 bits per heavy atom. The van der Waals surface area contributed by atoms with Crippen molar-refractivity contribution < 1.29 is 28.7 Å². The molecule has 0 bridgehead atoms. The topological polar surface area (TPSA) is 172 Å². The fourth-order valence-electron chi connectivity index (χ4n) is 8.88. The normalized spacial score (nSPS) is 18.8. The van der Waals surface area contributed by atoms with Crippen molar-refractivity contribution in [3.63, 3.8) is 0 Å². The largest absolute Gasteiger partial charge is 0.496 e. The summed E-state index contributed by atoms with van der Waals surface area (Å²) in [5, 5.41) is 6.87. The number of hydrogen-bond donors (Lipinski definition) is 2. The van der Waals surface area contributed by atoms with Gasteiger partial charge in [-0.3, -0.25) is 34.2 Å².